The van der Waals surface area contributed by atoms with Crippen molar-refractivity contribution in [2.75, 3.05) is 0 Å². The highest BCUT2D eigenvalue weighted by molar-refractivity contribution is 6.34. The monoisotopic (exact) mass is 242 g/mol. The third-order valence-electron chi connectivity index (χ3n) is 2.40. The molecule has 0 aromatic heterocycles. The highest BCUT2D eigenvalue weighted by atomic mass is 35.5. The maximum atomic E-state index is 11.7. The van der Waals surface area contributed by atoms with Gasteiger partial charge in [-0.1, -0.05) is 31.4 Å². The van der Waals surface area contributed by atoms with Crippen LogP contribution >= 0.6 is 11.6 Å². The molecule has 0 radical (unpaired) electrons. The Morgan fingerprint density at radius 2 is 2.00 bits per heavy atom. The highest BCUT2D eigenvalue weighted by Gasteiger charge is 2.15. The van der Waals surface area contributed by atoms with E-state index in [2.05, 4.69) is 6.92 Å². The van der Waals surface area contributed by atoms with Gasteiger partial charge in [0.2, 0.25) is 0 Å². The van der Waals surface area contributed by atoms with Crippen LogP contribution in [0.25, 0.3) is 0 Å². The predicted octanol–water partition coefficient (Wildman–Crippen LogP) is 3.51. The second kappa shape index (κ2) is 5.75. The Morgan fingerprint density at radius 1 is 1.31 bits per heavy atom. The average molecular weight is 243 g/mol. The number of aromatic hydroxyl groups is 2. The van der Waals surface area contributed by atoms with Crippen LogP contribution in [-0.2, 0) is 0 Å². The first-order chi connectivity index (χ1) is 7.57. The van der Waals surface area contributed by atoms with Crippen LogP contribution in [0.15, 0.2) is 12.1 Å². The fourth-order valence-corrected chi connectivity index (χ4v) is 1.61. The maximum absolute atomic E-state index is 11.7. The lowest BCUT2D eigenvalue weighted by Gasteiger charge is -2.06. The van der Waals surface area contributed by atoms with Crippen LogP contribution in [0.3, 0.4) is 0 Å². The van der Waals surface area contributed by atoms with Crippen molar-refractivity contribution in [1.82, 2.24) is 0 Å². The standard InChI is InChI=1S/C12H15ClO3/c1-2-3-4-5-9(14)8-6-7-10(15)11(13)12(8)16/h6-7,15-16H,2-5H2,1H3. The molecule has 0 aliphatic carbocycles. The number of Topliss-reactive ketones (excluding diaryl/α,β-unsaturated/α-hetero) is 1. The summed E-state index contributed by atoms with van der Waals surface area (Å²) in [6, 6.07) is 2.71. The Labute approximate surface area is 99.7 Å². The Balaban J connectivity index is 2.80. The molecule has 0 spiro atoms. The Bertz CT molecular complexity index is 388. The van der Waals surface area contributed by atoms with Crippen LogP contribution in [0.1, 0.15) is 43.0 Å². The van der Waals surface area contributed by atoms with E-state index < -0.39 is 0 Å². The molecule has 0 heterocycles. The van der Waals surface area contributed by atoms with Crippen molar-refractivity contribution in [2.45, 2.75) is 32.6 Å². The van der Waals surface area contributed by atoms with Gasteiger partial charge in [-0.2, -0.15) is 0 Å². The molecule has 4 heteroatoms. The smallest absolute Gasteiger partial charge is 0.166 e. The lowest BCUT2D eigenvalue weighted by Crippen LogP contribution is -1.99. The number of carbonyl (C=O) groups excluding carboxylic acids is 1. The molecular weight excluding hydrogens is 228 g/mol. The van der Waals surface area contributed by atoms with E-state index >= 15 is 0 Å². The molecule has 0 saturated heterocycles. The maximum Gasteiger partial charge on any atom is 0.166 e. The van der Waals surface area contributed by atoms with E-state index in [1.165, 1.54) is 12.1 Å². The minimum atomic E-state index is -0.330. The number of phenols is 2. The zero-order chi connectivity index (χ0) is 12.1. The van der Waals surface area contributed by atoms with Crippen LogP contribution in [0.5, 0.6) is 11.5 Å². The molecule has 1 rings (SSSR count). The molecule has 88 valence electrons. The van der Waals surface area contributed by atoms with E-state index in [-0.39, 0.29) is 27.9 Å². The summed E-state index contributed by atoms with van der Waals surface area (Å²) in [6.07, 6.45) is 3.21. The first-order valence-electron chi connectivity index (χ1n) is 5.31. The van der Waals surface area contributed by atoms with Crippen molar-refractivity contribution >= 4 is 17.4 Å². The SMILES string of the molecule is CCCCCC(=O)c1ccc(O)c(Cl)c1O. The molecule has 0 atom stereocenters. The summed E-state index contributed by atoms with van der Waals surface area (Å²) < 4.78 is 0. The minimum absolute atomic E-state index is 0.146. The van der Waals surface area contributed by atoms with E-state index in [1.54, 1.807) is 0 Å². The summed E-state index contributed by atoms with van der Waals surface area (Å²) in [5, 5.41) is 18.6. The summed E-state index contributed by atoms with van der Waals surface area (Å²) in [4.78, 5) is 11.7. The lowest BCUT2D eigenvalue weighted by atomic mass is 10.0. The fourth-order valence-electron chi connectivity index (χ4n) is 1.45. The molecule has 3 nitrogen and oxygen atoms in total. The summed E-state index contributed by atoms with van der Waals surface area (Å²) in [5.74, 6) is -0.694. The van der Waals surface area contributed by atoms with Gasteiger partial charge in [0.15, 0.2) is 5.78 Å². The molecule has 0 fully saturated rings. The van der Waals surface area contributed by atoms with Gasteiger partial charge in [-0.15, -0.1) is 0 Å². The first kappa shape index (κ1) is 12.8. The van der Waals surface area contributed by atoms with Crippen molar-refractivity contribution in [3.8, 4) is 11.5 Å². The summed E-state index contributed by atoms with van der Waals surface area (Å²) in [5.41, 5.74) is 0.180. The third-order valence-corrected chi connectivity index (χ3v) is 2.78. The van der Waals surface area contributed by atoms with Gasteiger partial charge < -0.3 is 10.2 Å². The minimum Gasteiger partial charge on any atom is -0.506 e. The Kier molecular flexibility index (Phi) is 4.62. The third kappa shape index (κ3) is 2.89. The number of unbranched alkanes of at least 4 members (excludes halogenated alkanes) is 2. The van der Waals surface area contributed by atoms with Gasteiger partial charge in [0.1, 0.15) is 16.5 Å². The second-order valence-electron chi connectivity index (χ2n) is 3.68. The topological polar surface area (TPSA) is 57.5 Å². The van der Waals surface area contributed by atoms with Gasteiger partial charge in [-0.05, 0) is 18.6 Å². The number of hydrogen-bond acceptors (Lipinski definition) is 3. The van der Waals surface area contributed by atoms with Gasteiger partial charge in [0, 0.05) is 6.42 Å². The molecule has 0 aliphatic rings. The molecule has 0 unspecified atom stereocenters. The normalized spacial score (nSPS) is 10.4. The van der Waals surface area contributed by atoms with Crippen molar-refractivity contribution < 1.29 is 15.0 Å². The number of carbonyl (C=O) groups is 1. The van der Waals surface area contributed by atoms with Crippen molar-refractivity contribution in [1.29, 1.82) is 0 Å². The van der Waals surface area contributed by atoms with Crippen LogP contribution < -0.4 is 0 Å². The summed E-state index contributed by atoms with van der Waals surface area (Å²) in [6.45, 7) is 2.05. The second-order valence-corrected chi connectivity index (χ2v) is 4.05. The van der Waals surface area contributed by atoms with Gasteiger partial charge in [0.05, 0.1) is 5.56 Å². The van der Waals surface area contributed by atoms with E-state index in [0.29, 0.717) is 6.42 Å². The molecule has 1 aromatic carbocycles. The van der Waals surface area contributed by atoms with Crippen molar-refractivity contribution in [3.63, 3.8) is 0 Å². The molecule has 0 bridgehead atoms. The lowest BCUT2D eigenvalue weighted by molar-refractivity contribution is 0.0976. The molecule has 0 aliphatic heterocycles. The first-order valence-corrected chi connectivity index (χ1v) is 5.69. The van der Waals surface area contributed by atoms with Gasteiger partial charge >= 0.3 is 0 Å². The van der Waals surface area contributed by atoms with Crippen molar-refractivity contribution in [2.24, 2.45) is 0 Å². The molecule has 2 N–H and O–H groups in total. The quantitative estimate of drug-likeness (QED) is 0.614. The number of hydrogen-bond donors (Lipinski definition) is 2. The van der Waals surface area contributed by atoms with Crippen LogP contribution in [0.4, 0.5) is 0 Å². The molecule has 1 aromatic rings. The van der Waals surface area contributed by atoms with E-state index in [4.69, 9.17) is 11.6 Å². The zero-order valence-corrected chi connectivity index (χ0v) is 9.92. The fraction of sp³-hybridized carbons (Fsp3) is 0.417. The summed E-state index contributed by atoms with van der Waals surface area (Å²) >= 11 is 5.64. The molecule has 16 heavy (non-hydrogen) atoms. The van der Waals surface area contributed by atoms with E-state index in [9.17, 15) is 15.0 Å². The van der Waals surface area contributed by atoms with Gasteiger partial charge in [0.25, 0.3) is 0 Å². The number of rotatable bonds is 5. The highest BCUT2D eigenvalue weighted by Crippen LogP contribution is 2.35. The van der Waals surface area contributed by atoms with E-state index in [0.717, 1.165) is 19.3 Å². The molecule has 0 saturated carbocycles. The number of ketones is 1. The largest absolute Gasteiger partial charge is 0.506 e. The summed E-state index contributed by atoms with van der Waals surface area (Å²) in [7, 11) is 0. The Morgan fingerprint density at radius 3 is 2.62 bits per heavy atom. The number of phenolic OH excluding ortho intramolecular Hbond substituents is 2. The number of benzene rings is 1. The van der Waals surface area contributed by atoms with Crippen LogP contribution in [0.2, 0.25) is 5.02 Å². The molecule has 0 amide bonds. The predicted molar refractivity (Wildman–Crippen MR) is 63.3 cm³/mol. The molecular formula is C12H15ClO3. The van der Waals surface area contributed by atoms with Crippen LogP contribution in [0, 0.1) is 0 Å². The van der Waals surface area contributed by atoms with Gasteiger partial charge in [-0.25, -0.2) is 0 Å². The Hall–Kier alpha value is -1.22. The number of halogens is 1. The van der Waals surface area contributed by atoms with Crippen molar-refractivity contribution in [3.05, 3.63) is 22.7 Å². The average Bonchev–Trinajstić information content (AvgIpc) is 2.26. The van der Waals surface area contributed by atoms with Gasteiger partial charge in [-0.3, -0.25) is 4.79 Å². The zero-order valence-electron chi connectivity index (χ0n) is 9.16. The van der Waals surface area contributed by atoms with E-state index in [1.807, 2.05) is 0 Å². The van der Waals surface area contributed by atoms with Crippen LogP contribution in [-0.4, -0.2) is 16.0 Å².